The molecule has 10 heteroatoms. The van der Waals surface area contributed by atoms with E-state index in [4.69, 9.17) is 4.42 Å². The van der Waals surface area contributed by atoms with E-state index < -0.39 is 41.6 Å². The molecule has 0 spiro atoms. The Kier molecular flexibility index (Phi) is 5.19. The van der Waals surface area contributed by atoms with Crippen molar-refractivity contribution in [1.82, 2.24) is 5.32 Å². The van der Waals surface area contributed by atoms with Crippen LogP contribution in [0.5, 0.6) is 0 Å². The monoisotopic (exact) mass is 446 g/mol. The van der Waals surface area contributed by atoms with E-state index in [0.717, 1.165) is 18.2 Å². The first-order valence-corrected chi connectivity index (χ1v) is 10.1. The van der Waals surface area contributed by atoms with E-state index in [0.29, 0.717) is 0 Å². The zero-order valence-corrected chi connectivity index (χ0v) is 16.9. The van der Waals surface area contributed by atoms with Gasteiger partial charge in [-0.05, 0) is 50.8 Å². The van der Waals surface area contributed by atoms with Crippen LogP contribution in [0.15, 0.2) is 22.6 Å². The van der Waals surface area contributed by atoms with Gasteiger partial charge in [0, 0.05) is 24.4 Å². The molecule has 0 unspecified atom stereocenters. The quantitative estimate of drug-likeness (QED) is 0.678. The lowest BCUT2D eigenvalue weighted by Crippen LogP contribution is -2.46. The van der Waals surface area contributed by atoms with Crippen LogP contribution in [-0.2, 0) is 6.18 Å². The number of benzene rings is 1. The van der Waals surface area contributed by atoms with Gasteiger partial charge in [0.25, 0.3) is 11.8 Å². The number of carbonyl (C=O) groups excluding carboxylic acids is 1. The molecule has 0 saturated heterocycles. The maximum absolute atomic E-state index is 15.2. The van der Waals surface area contributed by atoms with E-state index in [1.54, 1.807) is 6.92 Å². The first-order valence-electron chi connectivity index (χ1n) is 10.1. The van der Waals surface area contributed by atoms with Gasteiger partial charge in [0.1, 0.15) is 5.58 Å². The first-order chi connectivity index (χ1) is 14.4. The molecular formula is C21H23F5N2O3. The number of nitrogens with one attached hydrogen (secondary N) is 1. The van der Waals surface area contributed by atoms with Crippen molar-refractivity contribution in [2.45, 2.75) is 50.3 Å². The fraction of sp³-hybridized carbons (Fsp3) is 0.571. The van der Waals surface area contributed by atoms with Gasteiger partial charge in [0.05, 0.1) is 23.4 Å². The summed E-state index contributed by atoms with van der Waals surface area (Å²) < 4.78 is 75.5. The Balaban J connectivity index is 1.71. The van der Waals surface area contributed by atoms with Gasteiger partial charge in [-0.1, -0.05) is 0 Å². The lowest BCUT2D eigenvalue weighted by atomic mass is 9.77. The second kappa shape index (κ2) is 7.36. The van der Waals surface area contributed by atoms with Gasteiger partial charge in [0.15, 0.2) is 0 Å². The third-order valence-corrected chi connectivity index (χ3v) is 6.24. The second-order valence-corrected chi connectivity index (χ2v) is 8.70. The van der Waals surface area contributed by atoms with E-state index in [-0.39, 0.29) is 61.2 Å². The van der Waals surface area contributed by atoms with Crippen LogP contribution in [0.2, 0.25) is 0 Å². The molecule has 2 aromatic rings. The van der Waals surface area contributed by atoms with Crippen molar-refractivity contribution in [1.29, 1.82) is 0 Å². The molecule has 1 aliphatic carbocycles. The minimum absolute atomic E-state index is 0.00362. The van der Waals surface area contributed by atoms with Crippen LogP contribution in [-0.4, -0.2) is 42.2 Å². The fourth-order valence-corrected chi connectivity index (χ4v) is 4.43. The molecule has 5 nitrogen and oxygen atoms in total. The number of aliphatic hydroxyl groups is 1. The Hall–Kier alpha value is -2.36. The first kappa shape index (κ1) is 21.9. The SMILES string of the molecule is CC1(O)CCC(C(F)(F)CN2CCNC(=O)c3oc4ccc(C(F)(F)F)cc4c32)CC1. The maximum Gasteiger partial charge on any atom is 0.416 e. The number of halogens is 5. The molecule has 170 valence electrons. The Bertz CT molecular complexity index is 989. The van der Waals surface area contributed by atoms with Crippen molar-refractivity contribution in [3.63, 3.8) is 0 Å². The van der Waals surface area contributed by atoms with Crippen molar-refractivity contribution >= 4 is 22.6 Å². The highest BCUT2D eigenvalue weighted by Crippen LogP contribution is 2.43. The van der Waals surface area contributed by atoms with Crippen LogP contribution in [0.4, 0.5) is 27.6 Å². The highest BCUT2D eigenvalue weighted by molar-refractivity contribution is 6.07. The summed E-state index contributed by atoms with van der Waals surface area (Å²) in [4.78, 5) is 13.6. The topological polar surface area (TPSA) is 65.7 Å². The molecule has 2 heterocycles. The molecule has 31 heavy (non-hydrogen) atoms. The summed E-state index contributed by atoms with van der Waals surface area (Å²) in [7, 11) is 0. The van der Waals surface area contributed by atoms with Gasteiger partial charge in [-0.15, -0.1) is 0 Å². The van der Waals surface area contributed by atoms with Crippen molar-refractivity contribution in [2.75, 3.05) is 24.5 Å². The third-order valence-electron chi connectivity index (χ3n) is 6.24. The predicted octanol–water partition coefficient (Wildman–Crippen LogP) is 4.58. The average molecular weight is 446 g/mol. The number of hydrogen-bond acceptors (Lipinski definition) is 4. The lowest BCUT2D eigenvalue weighted by molar-refractivity contribution is -0.137. The van der Waals surface area contributed by atoms with Crippen LogP contribution in [0.3, 0.4) is 0 Å². The molecule has 1 aliphatic heterocycles. The molecular weight excluding hydrogens is 423 g/mol. The van der Waals surface area contributed by atoms with Gasteiger partial charge in [-0.25, -0.2) is 8.78 Å². The molecule has 2 aliphatic rings. The molecule has 2 N–H and O–H groups in total. The smallest absolute Gasteiger partial charge is 0.416 e. The average Bonchev–Trinajstić information content (AvgIpc) is 2.98. The molecule has 1 aromatic carbocycles. The number of anilines is 1. The van der Waals surface area contributed by atoms with Gasteiger partial charge in [0.2, 0.25) is 5.76 Å². The summed E-state index contributed by atoms with van der Waals surface area (Å²) in [5, 5.41) is 12.6. The molecule has 0 radical (unpaired) electrons. The number of alkyl halides is 5. The number of fused-ring (bicyclic) bond motifs is 3. The summed E-state index contributed by atoms with van der Waals surface area (Å²) in [6.45, 7) is 0.921. The Morgan fingerprint density at radius 3 is 2.55 bits per heavy atom. The molecule has 1 saturated carbocycles. The van der Waals surface area contributed by atoms with Gasteiger partial charge < -0.3 is 19.7 Å². The predicted molar refractivity (Wildman–Crippen MR) is 103 cm³/mol. The van der Waals surface area contributed by atoms with Gasteiger partial charge in [-0.3, -0.25) is 4.79 Å². The third kappa shape index (κ3) is 4.22. The normalized spacial score (nSPS) is 25.3. The Labute approximate surface area is 175 Å². The van der Waals surface area contributed by atoms with Crippen LogP contribution in [0.1, 0.15) is 48.7 Å². The van der Waals surface area contributed by atoms with E-state index in [2.05, 4.69) is 5.32 Å². The molecule has 4 rings (SSSR count). The summed E-state index contributed by atoms with van der Waals surface area (Å²) in [5.41, 5.74) is -1.93. The molecule has 0 bridgehead atoms. The number of rotatable bonds is 3. The molecule has 1 aromatic heterocycles. The van der Waals surface area contributed by atoms with Crippen molar-refractivity contribution in [3.05, 3.63) is 29.5 Å². The van der Waals surface area contributed by atoms with Crippen molar-refractivity contribution < 1.29 is 36.3 Å². The maximum atomic E-state index is 15.2. The van der Waals surface area contributed by atoms with Crippen LogP contribution in [0.25, 0.3) is 11.0 Å². The van der Waals surface area contributed by atoms with E-state index in [1.165, 1.54) is 4.90 Å². The lowest BCUT2D eigenvalue weighted by Gasteiger charge is -2.38. The zero-order chi connectivity index (χ0) is 22.6. The van der Waals surface area contributed by atoms with Crippen molar-refractivity contribution in [2.24, 2.45) is 5.92 Å². The summed E-state index contributed by atoms with van der Waals surface area (Å²) in [5.74, 6) is -5.05. The number of hydrogen-bond donors (Lipinski definition) is 2. The number of nitrogens with zero attached hydrogens (tertiary/aromatic N) is 1. The standard InChI is InChI=1S/C21H23F5N2O3/c1-19(30)6-4-12(5-7-19)20(22,23)11-28-9-8-27-18(29)17-16(28)14-10-13(21(24,25)26)2-3-15(14)31-17/h2-3,10,12,30H,4-9,11H2,1H3,(H,27,29). The highest BCUT2D eigenvalue weighted by Gasteiger charge is 2.46. The van der Waals surface area contributed by atoms with Crippen molar-refractivity contribution in [3.8, 4) is 0 Å². The minimum atomic E-state index is -4.63. The summed E-state index contributed by atoms with van der Waals surface area (Å²) in [6, 6.07) is 2.76. The molecule has 1 amide bonds. The zero-order valence-electron chi connectivity index (χ0n) is 16.9. The van der Waals surface area contributed by atoms with E-state index in [1.807, 2.05) is 0 Å². The van der Waals surface area contributed by atoms with Crippen LogP contribution < -0.4 is 10.2 Å². The molecule has 0 atom stereocenters. The van der Waals surface area contributed by atoms with Crippen LogP contribution in [0, 0.1) is 5.92 Å². The van der Waals surface area contributed by atoms with Crippen LogP contribution >= 0.6 is 0 Å². The fourth-order valence-electron chi connectivity index (χ4n) is 4.43. The Morgan fingerprint density at radius 2 is 1.90 bits per heavy atom. The number of furan rings is 1. The number of amides is 1. The second-order valence-electron chi connectivity index (χ2n) is 8.70. The largest absolute Gasteiger partial charge is 0.449 e. The van der Waals surface area contributed by atoms with E-state index >= 15 is 8.78 Å². The summed E-state index contributed by atoms with van der Waals surface area (Å²) >= 11 is 0. The van der Waals surface area contributed by atoms with Gasteiger partial charge in [-0.2, -0.15) is 13.2 Å². The Morgan fingerprint density at radius 1 is 1.23 bits per heavy atom. The summed E-state index contributed by atoms with van der Waals surface area (Å²) in [6.07, 6.45) is -3.84. The van der Waals surface area contributed by atoms with Gasteiger partial charge >= 0.3 is 6.18 Å². The minimum Gasteiger partial charge on any atom is -0.449 e. The highest BCUT2D eigenvalue weighted by atomic mass is 19.4. The van der Waals surface area contributed by atoms with E-state index in [9.17, 15) is 23.1 Å². The molecule has 1 fully saturated rings. The number of carbonyl (C=O) groups is 1.